The van der Waals surface area contributed by atoms with Crippen molar-refractivity contribution in [2.45, 2.75) is 43.5 Å². The summed E-state index contributed by atoms with van der Waals surface area (Å²) < 4.78 is 5.34. The molecule has 0 aliphatic heterocycles. The van der Waals surface area contributed by atoms with Gasteiger partial charge in [-0.05, 0) is 37.7 Å². The first-order valence-corrected chi connectivity index (χ1v) is 8.79. The number of carbonyl (C=O) groups is 1. The molecule has 1 aromatic heterocycles. The largest absolute Gasteiger partial charge is 0.454 e. The molecule has 6 nitrogen and oxygen atoms in total. The number of guanidine groups is 1. The number of thioether (sulfide) groups is 1. The van der Waals surface area contributed by atoms with E-state index in [2.05, 4.69) is 21.9 Å². The van der Waals surface area contributed by atoms with Gasteiger partial charge < -0.3 is 20.8 Å². The van der Waals surface area contributed by atoms with Crippen molar-refractivity contribution in [3.8, 4) is 0 Å². The van der Waals surface area contributed by atoms with E-state index in [1.807, 2.05) is 11.8 Å². The van der Waals surface area contributed by atoms with Crippen LogP contribution >= 0.6 is 35.7 Å². The summed E-state index contributed by atoms with van der Waals surface area (Å²) in [6, 6.07) is 3.78. The third-order valence-electron chi connectivity index (χ3n) is 3.86. The zero-order chi connectivity index (χ0) is 15.9. The summed E-state index contributed by atoms with van der Waals surface area (Å²) in [5.41, 5.74) is 5.17. The molecular formula is C15H25IN4O2S. The molecule has 4 N–H and O–H groups in total. The highest BCUT2D eigenvalue weighted by Gasteiger charge is 2.21. The lowest BCUT2D eigenvalue weighted by atomic mass is 9.95. The molecule has 8 heteroatoms. The van der Waals surface area contributed by atoms with E-state index in [1.54, 1.807) is 19.2 Å². The van der Waals surface area contributed by atoms with Crippen LogP contribution in [0.1, 0.15) is 42.0 Å². The van der Waals surface area contributed by atoms with Crippen LogP contribution < -0.4 is 16.4 Å². The van der Waals surface area contributed by atoms with Crippen molar-refractivity contribution in [1.82, 2.24) is 10.6 Å². The second kappa shape index (κ2) is 10.1. The highest BCUT2D eigenvalue weighted by molar-refractivity contribution is 14.0. The van der Waals surface area contributed by atoms with Crippen LogP contribution in [0.15, 0.2) is 21.5 Å². The molecule has 130 valence electrons. The molecule has 23 heavy (non-hydrogen) atoms. The van der Waals surface area contributed by atoms with E-state index < -0.39 is 5.91 Å². The Hall–Kier alpha value is -0.900. The lowest BCUT2D eigenvalue weighted by Crippen LogP contribution is -2.45. The average molecular weight is 452 g/mol. The first-order valence-electron chi connectivity index (χ1n) is 7.51. The van der Waals surface area contributed by atoms with Gasteiger partial charge in [0.05, 0.1) is 6.54 Å². The molecule has 1 aliphatic rings. The number of halogens is 1. The number of rotatable bonds is 5. The van der Waals surface area contributed by atoms with Crippen LogP contribution in [0, 0.1) is 0 Å². The highest BCUT2D eigenvalue weighted by Crippen LogP contribution is 2.26. The minimum atomic E-state index is -0.556. The summed E-state index contributed by atoms with van der Waals surface area (Å²) in [4.78, 5) is 15.2. The van der Waals surface area contributed by atoms with Crippen LogP contribution in [0.25, 0.3) is 0 Å². The smallest absolute Gasteiger partial charge is 0.284 e. The van der Waals surface area contributed by atoms with Gasteiger partial charge in [-0.15, -0.1) is 24.0 Å². The number of primary amides is 1. The third-order valence-corrected chi connectivity index (χ3v) is 4.95. The SMILES string of the molecule is CN=C(NCc1ccc(C(N)=O)o1)NC1CCCC(SC)C1.I. The lowest BCUT2D eigenvalue weighted by molar-refractivity contribution is 0.0972. The summed E-state index contributed by atoms with van der Waals surface area (Å²) in [6.45, 7) is 0.464. The number of hydrogen-bond donors (Lipinski definition) is 3. The fourth-order valence-corrected chi connectivity index (χ4v) is 3.48. The van der Waals surface area contributed by atoms with Gasteiger partial charge in [-0.25, -0.2) is 0 Å². The maximum atomic E-state index is 11.0. The van der Waals surface area contributed by atoms with Crippen LogP contribution in [0.5, 0.6) is 0 Å². The fraction of sp³-hybridized carbons (Fsp3) is 0.600. The van der Waals surface area contributed by atoms with Crippen molar-refractivity contribution in [3.05, 3.63) is 23.7 Å². The van der Waals surface area contributed by atoms with Crippen molar-refractivity contribution in [1.29, 1.82) is 0 Å². The molecule has 1 aromatic rings. The average Bonchev–Trinajstić information content (AvgIpc) is 3.01. The number of aliphatic imine (C=N–C) groups is 1. The van der Waals surface area contributed by atoms with Crippen LogP contribution in [0.4, 0.5) is 0 Å². The quantitative estimate of drug-likeness (QED) is 0.363. The molecule has 2 rings (SSSR count). The molecule has 1 heterocycles. The van der Waals surface area contributed by atoms with E-state index in [-0.39, 0.29) is 29.7 Å². The maximum absolute atomic E-state index is 11.0. The second-order valence-electron chi connectivity index (χ2n) is 5.42. The molecule has 1 amide bonds. The van der Waals surface area contributed by atoms with Gasteiger partial charge in [-0.1, -0.05) is 6.42 Å². The second-order valence-corrected chi connectivity index (χ2v) is 6.56. The number of nitrogens with zero attached hydrogens (tertiary/aromatic N) is 1. The van der Waals surface area contributed by atoms with Crippen molar-refractivity contribution in [2.75, 3.05) is 13.3 Å². The Morgan fingerprint density at radius 1 is 1.48 bits per heavy atom. The molecule has 1 fully saturated rings. The van der Waals surface area contributed by atoms with E-state index in [0.717, 1.165) is 17.6 Å². The molecule has 1 saturated carbocycles. The first kappa shape index (κ1) is 20.1. The van der Waals surface area contributed by atoms with Gasteiger partial charge in [0.25, 0.3) is 5.91 Å². The highest BCUT2D eigenvalue weighted by atomic mass is 127. The van der Waals surface area contributed by atoms with Gasteiger partial charge in [0.1, 0.15) is 5.76 Å². The minimum absolute atomic E-state index is 0. The third kappa shape index (κ3) is 6.25. The molecule has 2 atom stereocenters. The molecule has 0 radical (unpaired) electrons. The van der Waals surface area contributed by atoms with Crippen molar-refractivity contribution >= 4 is 47.6 Å². The summed E-state index contributed by atoms with van der Waals surface area (Å²) in [7, 11) is 1.75. The molecule has 2 unspecified atom stereocenters. The number of nitrogens with two attached hydrogens (primary N) is 1. The molecule has 0 spiro atoms. The molecule has 0 bridgehead atoms. The van der Waals surface area contributed by atoms with Crippen LogP contribution in [-0.4, -0.2) is 36.5 Å². The summed E-state index contributed by atoms with van der Waals surface area (Å²) in [5.74, 6) is 1.03. The molecule has 0 saturated heterocycles. The maximum Gasteiger partial charge on any atom is 0.284 e. The Balaban J connectivity index is 0.00000264. The Bertz CT molecular complexity index is 535. The topological polar surface area (TPSA) is 92.6 Å². The van der Waals surface area contributed by atoms with Crippen LogP contribution in [-0.2, 0) is 6.54 Å². The van der Waals surface area contributed by atoms with Gasteiger partial charge >= 0.3 is 0 Å². The number of amides is 1. The van der Waals surface area contributed by atoms with Gasteiger partial charge in [-0.2, -0.15) is 11.8 Å². The van der Waals surface area contributed by atoms with E-state index in [9.17, 15) is 4.79 Å². The molecular weight excluding hydrogens is 427 g/mol. The molecule has 1 aliphatic carbocycles. The number of nitrogens with one attached hydrogen (secondary N) is 2. The van der Waals surface area contributed by atoms with Crippen LogP contribution in [0.2, 0.25) is 0 Å². The van der Waals surface area contributed by atoms with E-state index in [0.29, 0.717) is 18.3 Å². The van der Waals surface area contributed by atoms with E-state index in [4.69, 9.17) is 10.2 Å². The van der Waals surface area contributed by atoms with Crippen molar-refractivity contribution in [3.63, 3.8) is 0 Å². The van der Waals surface area contributed by atoms with Crippen molar-refractivity contribution in [2.24, 2.45) is 10.7 Å². The van der Waals surface area contributed by atoms with Gasteiger partial charge in [0.2, 0.25) is 0 Å². The predicted octanol–water partition coefficient (Wildman–Crippen LogP) is 2.34. The summed E-state index contributed by atoms with van der Waals surface area (Å²) in [6.07, 6.45) is 7.06. The standard InChI is InChI=1S/C15H24N4O2S.HI/c1-17-15(19-10-4-3-5-12(8-10)22-2)18-9-11-6-7-13(21-11)14(16)20;/h6-7,10,12H,3-5,8-9H2,1-2H3,(H2,16,20)(H2,17,18,19);1H. The Morgan fingerprint density at radius 2 is 2.26 bits per heavy atom. The van der Waals surface area contributed by atoms with Gasteiger partial charge in [0.15, 0.2) is 11.7 Å². The minimum Gasteiger partial charge on any atom is -0.454 e. The number of furan rings is 1. The van der Waals surface area contributed by atoms with Gasteiger partial charge in [0, 0.05) is 18.3 Å². The van der Waals surface area contributed by atoms with Gasteiger partial charge in [-0.3, -0.25) is 9.79 Å². The Labute approximate surface area is 158 Å². The fourth-order valence-electron chi connectivity index (χ4n) is 2.65. The number of hydrogen-bond acceptors (Lipinski definition) is 4. The van der Waals surface area contributed by atoms with Crippen molar-refractivity contribution < 1.29 is 9.21 Å². The summed E-state index contributed by atoms with van der Waals surface area (Å²) in [5, 5.41) is 7.40. The number of carbonyl (C=O) groups excluding carboxylic acids is 1. The Kier molecular flexibility index (Phi) is 8.82. The zero-order valence-corrected chi connectivity index (χ0v) is 16.6. The Morgan fingerprint density at radius 3 is 2.87 bits per heavy atom. The monoisotopic (exact) mass is 452 g/mol. The van der Waals surface area contributed by atoms with E-state index >= 15 is 0 Å². The zero-order valence-electron chi connectivity index (χ0n) is 13.5. The first-order chi connectivity index (χ1) is 10.6. The summed E-state index contributed by atoms with van der Waals surface area (Å²) >= 11 is 1.94. The lowest BCUT2D eigenvalue weighted by Gasteiger charge is -2.29. The molecule has 0 aromatic carbocycles. The van der Waals surface area contributed by atoms with Crippen LogP contribution in [0.3, 0.4) is 0 Å². The normalized spacial score (nSPS) is 21.4. The van der Waals surface area contributed by atoms with E-state index in [1.165, 1.54) is 19.3 Å². The predicted molar refractivity (Wildman–Crippen MR) is 106 cm³/mol.